The standard InChI is InChI=1S/C15H31N3O/c1-3-8-16-13(7-10-19)11-18-9-6-14-4-5-15(12-18)17(14)2/h13-16,19H,3-12H2,1-2H3. The molecule has 0 radical (unpaired) electrons. The Morgan fingerprint density at radius 3 is 2.79 bits per heavy atom. The summed E-state index contributed by atoms with van der Waals surface area (Å²) in [5.41, 5.74) is 0. The first-order valence-electron chi connectivity index (χ1n) is 8.03. The minimum atomic E-state index is 0.293. The van der Waals surface area contributed by atoms with E-state index in [-0.39, 0.29) is 0 Å². The van der Waals surface area contributed by atoms with E-state index in [0.717, 1.165) is 38.0 Å². The second kappa shape index (κ2) is 7.58. The van der Waals surface area contributed by atoms with Crippen molar-refractivity contribution < 1.29 is 5.11 Å². The molecular weight excluding hydrogens is 238 g/mol. The van der Waals surface area contributed by atoms with Crippen molar-refractivity contribution in [1.29, 1.82) is 0 Å². The van der Waals surface area contributed by atoms with Crippen molar-refractivity contribution in [2.24, 2.45) is 0 Å². The zero-order chi connectivity index (χ0) is 13.7. The highest BCUT2D eigenvalue weighted by Gasteiger charge is 2.34. The normalized spacial score (nSPS) is 30.5. The molecule has 4 heteroatoms. The Hall–Kier alpha value is -0.160. The SMILES string of the molecule is CCCNC(CCO)CN1CCC2CCC(C1)N2C. The van der Waals surface area contributed by atoms with Crippen LogP contribution in [0.3, 0.4) is 0 Å². The number of fused-ring (bicyclic) bond motifs is 2. The van der Waals surface area contributed by atoms with E-state index in [9.17, 15) is 5.11 Å². The van der Waals surface area contributed by atoms with Gasteiger partial charge < -0.3 is 15.3 Å². The largest absolute Gasteiger partial charge is 0.396 e. The van der Waals surface area contributed by atoms with Gasteiger partial charge in [0, 0.05) is 37.8 Å². The second-order valence-electron chi connectivity index (χ2n) is 6.26. The molecule has 112 valence electrons. The quantitative estimate of drug-likeness (QED) is 0.720. The van der Waals surface area contributed by atoms with Crippen LogP contribution in [0.2, 0.25) is 0 Å². The maximum Gasteiger partial charge on any atom is 0.0446 e. The molecule has 0 aromatic heterocycles. The van der Waals surface area contributed by atoms with Gasteiger partial charge >= 0.3 is 0 Å². The average molecular weight is 269 g/mol. The molecule has 2 N–H and O–H groups in total. The molecule has 0 aliphatic carbocycles. The van der Waals surface area contributed by atoms with Crippen LogP contribution < -0.4 is 5.32 Å². The fraction of sp³-hybridized carbons (Fsp3) is 1.00. The number of nitrogens with zero attached hydrogens (tertiary/aromatic N) is 2. The van der Waals surface area contributed by atoms with Gasteiger partial charge in [0.25, 0.3) is 0 Å². The Bertz CT molecular complexity index is 262. The van der Waals surface area contributed by atoms with Crippen molar-refractivity contribution in [3.05, 3.63) is 0 Å². The van der Waals surface area contributed by atoms with Crippen LogP contribution in [0.15, 0.2) is 0 Å². The van der Waals surface area contributed by atoms with Crippen LogP contribution in [0.25, 0.3) is 0 Å². The number of nitrogens with one attached hydrogen (secondary N) is 1. The fourth-order valence-electron chi connectivity index (χ4n) is 3.62. The number of rotatable bonds is 7. The zero-order valence-corrected chi connectivity index (χ0v) is 12.6. The van der Waals surface area contributed by atoms with Gasteiger partial charge in [-0.1, -0.05) is 6.92 Å². The Labute approximate surface area is 118 Å². The van der Waals surface area contributed by atoms with Gasteiger partial charge in [-0.05, 0) is 52.2 Å². The molecule has 0 saturated carbocycles. The summed E-state index contributed by atoms with van der Waals surface area (Å²) in [7, 11) is 2.30. The van der Waals surface area contributed by atoms with Crippen LogP contribution in [0.4, 0.5) is 0 Å². The van der Waals surface area contributed by atoms with E-state index < -0.39 is 0 Å². The van der Waals surface area contributed by atoms with Crippen molar-refractivity contribution in [1.82, 2.24) is 15.1 Å². The van der Waals surface area contributed by atoms with Crippen LogP contribution >= 0.6 is 0 Å². The highest BCUT2D eigenvalue weighted by molar-refractivity contribution is 4.91. The first-order valence-corrected chi connectivity index (χ1v) is 8.03. The number of aliphatic hydroxyl groups excluding tert-OH is 1. The monoisotopic (exact) mass is 269 g/mol. The number of aliphatic hydroxyl groups is 1. The highest BCUT2D eigenvalue weighted by Crippen LogP contribution is 2.28. The third-order valence-electron chi connectivity index (χ3n) is 4.87. The van der Waals surface area contributed by atoms with E-state index in [0.29, 0.717) is 12.6 Å². The van der Waals surface area contributed by atoms with E-state index in [1.807, 2.05) is 0 Å². The summed E-state index contributed by atoms with van der Waals surface area (Å²) in [6, 6.07) is 2.02. The molecule has 3 unspecified atom stereocenters. The third kappa shape index (κ3) is 4.15. The molecule has 2 bridgehead atoms. The van der Waals surface area contributed by atoms with Crippen molar-refractivity contribution in [3.8, 4) is 0 Å². The third-order valence-corrected chi connectivity index (χ3v) is 4.87. The molecule has 2 fully saturated rings. The van der Waals surface area contributed by atoms with E-state index in [2.05, 4.69) is 29.1 Å². The molecule has 2 heterocycles. The topological polar surface area (TPSA) is 38.7 Å². The molecule has 0 spiro atoms. The lowest BCUT2D eigenvalue weighted by molar-refractivity contribution is 0.188. The smallest absolute Gasteiger partial charge is 0.0446 e. The van der Waals surface area contributed by atoms with Crippen LogP contribution in [-0.4, -0.2) is 72.9 Å². The first kappa shape index (κ1) is 15.2. The highest BCUT2D eigenvalue weighted by atomic mass is 16.3. The Morgan fingerprint density at radius 2 is 2.05 bits per heavy atom. The maximum atomic E-state index is 9.20. The molecule has 19 heavy (non-hydrogen) atoms. The second-order valence-corrected chi connectivity index (χ2v) is 6.26. The van der Waals surface area contributed by atoms with Gasteiger partial charge in [0.15, 0.2) is 0 Å². The summed E-state index contributed by atoms with van der Waals surface area (Å²) in [6.07, 6.45) is 6.11. The molecular formula is C15H31N3O. The summed E-state index contributed by atoms with van der Waals surface area (Å²) in [5.74, 6) is 0. The molecule has 0 aromatic carbocycles. The van der Waals surface area contributed by atoms with Gasteiger partial charge in [0.05, 0.1) is 0 Å². The molecule has 0 amide bonds. The minimum Gasteiger partial charge on any atom is -0.396 e. The molecule has 0 aromatic rings. The van der Waals surface area contributed by atoms with Crippen LogP contribution in [-0.2, 0) is 0 Å². The number of hydrogen-bond donors (Lipinski definition) is 2. The first-order chi connectivity index (χ1) is 9.24. The van der Waals surface area contributed by atoms with Crippen LogP contribution in [0.5, 0.6) is 0 Å². The van der Waals surface area contributed by atoms with Crippen molar-refractivity contribution in [3.63, 3.8) is 0 Å². The molecule has 2 aliphatic rings. The minimum absolute atomic E-state index is 0.293. The Morgan fingerprint density at radius 1 is 1.26 bits per heavy atom. The predicted octanol–water partition coefficient (Wildman–Crippen LogP) is 0.906. The van der Waals surface area contributed by atoms with Crippen molar-refractivity contribution in [2.45, 2.75) is 57.2 Å². The van der Waals surface area contributed by atoms with Crippen LogP contribution in [0.1, 0.15) is 39.0 Å². The predicted molar refractivity (Wildman–Crippen MR) is 79.4 cm³/mol. The Balaban J connectivity index is 1.83. The summed E-state index contributed by atoms with van der Waals surface area (Å²) >= 11 is 0. The van der Waals surface area contributed by atoms with Gasteiger partial charge in [-0.15, -0.1) is 0 Å². The zero-order valence-electron chi connectivity index (χ0n) is 12.6. The van der Waals surface area contributed by atoms with E-state index in [4.69, 9.17) is 0 Å². The lowest BCUT2D eigenvalue weighted by atomic mass is 10.1. The molecule has 3 atom stereocenters. The number of likely N-dealkylation sites (tertiary alicyclic amines) is 1. The van der Waals surface area contributed by atoms with Gasteiger partial charge in [-0.25, -0.2) is 0 Å². The van der Waals surface area contributed by atoms with Gasteiger partial charge in [-0.2, -0.15) is 0 Å². The van der Waals surface area contributed by atoms with Gasteiger partial charge in [0.1, 0.15) is 0 Å². The Kier molecular flexibility index (Phi) is 6.07. The van der Waals surface area contributed by atoms with E-state index >= 15 is 0 Å². The van der Waals surface area contributed by atoms with Gasteiger partial charge in [-0.3, -0.25) is 4.90 Å². The summed E-state index contributed by atoms with van der Waals surface area (Å²) in [5, 5.41) is 12.8. The number of likely N-dealkylation sites (N-methyl/N-ethyl adjacent to an activating group) is 1. The molecule has 4 nitrogen and oxygen atoms in total. The molecule has 2 aliphatic heterocycles. The van der Waals surface area contributed by atoms with E-state index in [1.54, 1.807) is 0 Å². The fourth-order valence-corrected chi connectivity index (χ4v) is 3.62. The lowest BCUT2D eigenvalue weighted by Crippen LogP contribution is -2.45. The van der Waals surface area contributed by atoms with E-state index in [1.165, 1.54) is 32.4 Å². The average Bonchev–Trinajstić information content (AvgIpc) is 2.64. The molecule has 2 saturated heterocycles. The van der Waals surface area contributed by atoms with Crippen molar-refractivity contribution in [2.75, 3.05) is 39.8 Å². The maximum absolute atomic E-state index is 9.20. The number of hydrogen-bond acceptors (Lipinski definition) is 4. The lowest BCUT2D eigenvalue weighted by Gasteiger charge is -2.29. The summed E-state index contributed by atoms with van der Waals surface area (Å²) in [6.45, 7) is 7.08. The van der Waals surface area contributed by atoms with Crippen molar-refractivity contribution >= 4 is 0 Å². The van der Waals surface area contributed by atoms with Crippen LogP contribution in [0, 0.1) is 0 Å². The molecule has 2 rings (SSSR count). The summed E-state index contributed by atoms with van der Waals surface area (Å²) in [4.78, 5) is 5.21. The van der Waals surface area contributed by atoms with Gasteiger partial charge in [0.2, 0.25) is 0 Å². The summed E-state index contributed by atoms with van der Waals surface area (Å²) < 4.78 is 0.